The number of nitrogens with zero attached hydrogens (tertiary/aromatic N) is 2. The molecule has 2 aliphatic carbocycles. The molecule has 0 radical (unpaired) electrons. The lowest BCUT2D eigenvalue weighted by Gasteiger charge is -2.15. The van der Waals surface area contributed by atoms with Gasteiger partial charge in [-0.2, -0.15) is 0 Å². The van der Waals surface area contributed by atoms with Gasteiger partial charge in [0.2, 0.25) is 0 Å². The predicted octanol–water partition coefficient (Wildman–Crippen LogP) is 4.22. The zero-order chi connectivity index (χ0) is 24.0. The Morgan fingerprint density at radius 3 is 2.76 bits per heavy atom. The van der Waals surface area contributed by atoms with E-state index in [0.29, 0.717) is 52.7 Å². The summed E-state index contributed by atoms with van der Waals surface area (Å²) in [5, 5.41) is 2.73. The fourth-order valence-electron chi connectivity index (χ4n) is 4.50. The molecule has 3 unspecified atom stereocenters. The molecule has 0 bridgehead atoms. The largest absolute Gasteiger partial charge is 0.493 e. The van der Waals surface area contributed by atoms with E-state index in [-0.39, 0.29) is 23.6 Å². The van der Waals surface area contributed by atoms with Crippen molar-refractivity contribution in [3.8, 4) is 17.0 Å². The van der Waals surface area contributed by atoms with Gasteiger partial charge in [0.25, 0.3) is 12.3 Å². The molecule has 7 nitrogen and oxygen atoms in total. The topological polar surface area (TPSA) is 106 Å². The molecule has 3 atom stereocenters. The number of nitrogens with two attached hydrogens (primary N) is 1. The second-order valence-electron chi connectivity index (χ2n) is 9.21. The Morgan fingerprint density at radius 2 is 2.09 bits per heavy atom. The number of ether oxygens (including phenoxy) is 1. The summed E-state index contributed by atoms with van der Waals surface area (Å²) < 4.78 is 47.1. The monoisotopic (exact) mass is 473 g/mol. The first kappa shape index (κ1) is 22.6. The van der Waals surface area contributed by atoms with Gasteiger partial charge in [-0.3, -0.25) is 4.79 Å². The molecule has 5 rings (SSSR count). The van der Waals surface area contributed by atoms with Crippen LogP contribution in [-0.2, 0) is 0 Å². The second-order valence-corrected chi connectivity index (χ2v) is 9.21. The highest BCUT2D eigenvalue weighted by atomic mass is 19.3. The minimum atomic E-state index is -2.66. The van der Waals surface area contributed by atoms with Crippen molar-refractivity contribution in [2.75, 3.05) is 6.61 Å². The summed E-state index contributed by atoms with van der Waals surface area (Å²) in [6.45, 7) is 2.20. The zero-order valence-electron chi connectivity index (χ0n) is 18.7. The van der Waals surface area contributed by atoms with Crippen LogP contribution in [0.15, 0.2) is 24.5 Å². The Hall–Kier alpha value is -3.14. The average molecular weight is 473 g/mol. The summed E-state index contributed by atoms with van der Waals surface area (Å²) in [6, 6.07) is 3.26. The Balaban J connectivity index is 1.54. The standard InChI is InChI=1S/C24H26F3N5O2/c1-11-19(24(33)32-17-8-14(28)7-16(17)25)21-22(31-11)20(29-10-30-21)15-6-13(23(26)27)4-5-18(15)34-9-12-2-3-12/h4-6,10,12,14,16-17,23,31H,2-3,7-9,28H2,1H3,(H,32,33). The Kier molecular flexibility index (Phi) is 5.93. The van der Waals surface area contributed by atoms with Crippen LogP contribution < -0.4 is 15.8 Å². The molecule has 4 N–H and O–H groups in total. The highest BCUT2D eigenvalue weighted by molar-refractivity contribution is 6.09. The molecule has 1 aromatic carbocycles. The molecular formula is C24H26F3N5O2. The first-order valence-corrected chi connectivity index (χ1v) is 11.4. The number of nitrogens with one attached hydrogen (secondary N) is 2. The lowest BCUT2D eigenvalue weighted by Crippen LogP contribution is -2.38. The van der Waals surface area contributed by atoms with E-state index in [4.69, 9.17) is 10.5 Å². The van der Waals surface area contributed by atoms with Crippen LogP contribution in [0.2, 0.25) is 0 Å². The molecule has 0 aliphatic heterocycles. The third-order valence-corrected chi connectivity index (χ3v) is 6.52. The number of benzene rings is 1. The molecule has 10 heteroatoms. The second kappa shape index (κ2) is 8.90. The SMILES string of the molecule is Cc1[nH]c2c(-c3cc(C(F)F)ccc3OCC3CC3)ncnc2c1C(=O)NC1CC(N)CC1F. The predicted molar refractivity (Wildman–Crippen MR) is 121 cm³/mol. The number of carbonyl (C=O) groups is 1. The maximum atomic E-state index is 14.2. The zero-order valence-corrected chi connectivity index (χ0v) is 18.7. The molecule has 2 fully saturated rings. The molecule has 1 amide bonds. The molecule has 2 saturated carbocycles. The van der Waals surface area contributed by atoms with Crippen LogP contribution in [0, 0.1) is 12.8 Å². The van der Waals surface area contributed by atoms with Crippen molar-refractivity contribution in [1.82, 2.24) is 20.3 Å². The Bertz CT molecular complexity index is 1230. The number of aryl methyl sites for hydroxylation is 1. The van der Waals surface area contributed by atoms with Gasteiger partial charge in [-0.15, -0.1) is 0 Å². The highest BCUT2D eigenvalue weighted by Gasteiger charge is 2.34. The fraction of sp³-hybridized carbons (Fsp3) is 0.458. The number of hydrogen-bond acceptors (Lipinski definition) is 5. The lowest BCUT2D eigenvalue weighted by molar-refractivity contribution is 0.0920. The van der Waals surface area contributed by atoms with Gasteiger partial charge in [0.15, 0.2) is 0 Å². The van der Waals surface area contributed by atoms with Gasteiger partial charge in [-0.25, -0.2) is 23.1 Å². The molecule has 0 saturated heterocycles. The molecule has 0 spiro atoms. The van der Waals surface area contributed by atoms with Crippen molar-refractivity contribution in [2.45, 2.75) is 57.3 Å². The van der Waals surface area contributed by atoms with Crippen LogP contribution in [0.5, 0.6) is 5.75 Å². The van der Waals surface area contributed by atoms with Crippen LogP contribution in [-0.4, -0.2) is 45.7 Å². The number of amides is 1. The minimum Gasteiger partial charge on any atom is -0.493 e. The smallest absolute Gasteiger partial charge is 0.263 e. The van der Waals surface area contributed by atoms with E-state index in [1.165, 1.54) is 24.5 Å². The minimum absolute atomic E-state index is 0.159. The lowest BCUT2D eigenvalue weighted by atomic mass is 10.0. The third kappa shape index (κ3) is 4.34. The summed E-state index contributed by atoms with van der Waals surface area (Å²) in [6.07, 6.45) is 0.143. The van der Waals surface area contributed by atoms with Crippen LogP contribution >= 0.6 is 0 Å². The molecule has 34 heavy (non-hydrogen) atoms. The number of aromatic nitrogens is 3. The van der Waals surface area contributed by atoms with E-state index >= 15 is 0 Å². The van der Waals surface area contributed by atoms with Gasteiger partial charge >= 0.3 is 0 Å². The van der Waals surface area contributed by atoms with Crippen LogP contribution in [0.4, 0.5) is 13.2 Å². The highest BCUT2D eigenvalue weighted by Crippen LogP contribution is 2.38. The van der Waals surface area contributed by atoms with E-state index in [1.807, 2.05) is 0 Å². The van der Waals surface area contributed by atoms with Crippen LogP contribution in [0.1, 0.15) is 53.7 Å². The summed E-state index contributed by atoms with van der Waals surface area (Å²) in [5.74, 6) is 0.440. The maximum Gasteiger partial charge on any atom is 0.263 e. The fourth-order valence-corrected chi connectivity index (χ4v) is 4.50. The number of H-pyrrole nitrogens is 1. The van der Waals surface area contributed by atoms with E-state index in [1.54, 1.807) is 6.92 Å². The van der Waals surface area contributed by atoms with Crippen molar-refractivity contribution in [1.29, 1.82) is 0 Å². The number of rotatable bonds is 7. The number of aromatic amines is 1. The number of hydrogen-bond donors (Lipinski definition) is 3. The summed E-state index contributed by atoms with van der Waals surface area (Å²) in [5.41, 5.74) is 7.94. The number of alkyl halides is 3. The van der Waals surface area contributed by atoms with Gasteiger partial charge in [-0.1, -0.05) is 0 Å². The van der Waals surface area contributed by atoms with Gasteiger partial charge in [-0.05, 0) is 56.7 Å². The Morgan fingerprint density at radius 1 is 1.29 bits per heavy atom. The first-order chi connectivity index (χ1) is 16.3. The molecule has 2 heterocycles. The quantitative estimate of drug-likeness (QED) is 0.477. The van der Waals surface area contributed by atoms with Gasteiger partial charge in [0, 0.05) is 22.9 Å². The van der Waals surface area contributed by atoms with Crippen molar-refractivity contribution < 1.29 is 22.7 Å². The van der Waals surface area contributed by atoms with E-state index in [2.05, 4.69) is 20.3 Å². The van der Waals surface area contributed by atoms with Gasteiger partial charge in [0.1, 0.15) is 29.5 Å². The molecule has 2 aromatic heterocycles. The number of carbonyl (C=O) groups excluding carboxylic acids is 1. The summed E-state index contributed by atoms with van der Waals surface area (Å²) in [4.78, 5) is 24.8. The van der Waals surface area contributed by atoms with Crippen molar-refractivity contribution in [2.24, 2.45) is 11.7 Å². The van der Waals surface area contributed by atoms with Crippen molar-refractivity contribution in [3.05, 3.63) is 41.3 Å². The normalized spacial score (nSPS) is 22.5. The first-order valence-electron chi connectivity index (χ1n) is 11.4. The molecule has 3 aromatic rings. The Labute approximate surface area is 194 Å². The maximum absolute atomic E-state index is 14.2. The van der Waals surface area contributed by atoms with E-state index < -0.39 is 24.5 Å². The molecule has 2 aliphatic rings. The number of halogens is 3. The van der Waals surface area contributed by atoms with Crippen molar-refractivity contribution in [3.63, 3.8) is 0 Å². The summed E-state index contributed by atoms with van der Waals surface area (Å²) in [7, 11) is 0. The van der Waals surface area contributed by atoms with E-state index in [9.17, 15) is 18.0 Å². The molecular weight excluding hydrogens is 447 g/mol. The number of fused-ring (bicyclic) bond motifs is 1. The molecule has 180 valence electrons. The average Bonchev–Trinajstić information content (AvgIpc) is 3.48. The van der Waals surface area contributed by atoms with Gasteiger partial charge in [0.05, 0.1) is 23.7 Å². The third-order valence-electron chi connectivity index (χ3n) is 6.52. The van der Waals surface area contributed by atoms with Gasteiger partial charge < -0.3 is 20.8 Å². The van der Waals surface area contributed by atoms with Crippen LogP contribution in [0.25, 0.3) is 22.3 Å². The summed E-state index contributed by atoms with van der Waals surface area (Å²) >= 11 is 0. The van der Waals surface area contributed by atoms with Crippen molar-refractivity contribution >= 4 is 16.9 Å². The van der Waals surface area contributed by atoms with Crippen LogP contribution in [0.3, 0.4) is 0 Å². The van der Waals surface area contributed by atoms with E-state index in [0.717, 1.165) is 12.8 Å².